The van der Waals surface area contributed by atoms with Crippen LogP contribution in [-0.2, 0) is 6.54 Å². The van der Waals surface area contributed by atoms with Crippen molar-refractivity contribution in [3.63, 3.8) is 0 Å². The number of rotatable bonds is 2. The van der Waals surface area contributed by atoms with Crippen molar-refractivity contribution in [2.24, 2.45) is 5.73 Å². The van der Waals surface area contributed by atoms with Gasteiger partial charge in [0.25, 0.3) is 0 Å². The quantitative estimate of drug-likeness (QED) is 0.881. The summed E-state index contributed by atoms with van der Waals surface area (Å²) in [6, 6.07) is 4.06. The van der Waals surface area contributed by atoms with Crippen molar-refractivity contribution in [1.29, 1.82) is 0 Å². The summed E-state index contributed by atoms with van der Waals surface area (Å²) in [5, 5.41) is 0. The molecule has 6 heteroatoms. The Morgan fingerprint density at radius 1 is 1.24 bits per heavy atom. The highest BCUT2D eigenvalue weighted by Gasteiger charge is 2.14. The van der Waals surface area contributed by atoms with E-state index in [0.717, 1.165) is 37.6 Å². The SMILES string of the molecule is CN1CCN(c2cc(CN)ccn2)CC1.Cl.Cl. The zero-order valence-electron chi connectivity index (χ0n) is 10.0. The number of pyridine rings is 1. The van der Waals surface area contributed by atoms with Crippen LogP contribution in [0.2, 0.25) is 0 Å². The third-order valence-corrected chi connectivity index (χ3v) is 2.87. The van der Waals surface area contributed by atoms with Crippen molar-refractivity contribution in [2.75, 3.05) is 38.1 Å². The molecular weight excluding hydrogens is 259 g/mol. The normalized spacial score (nSPS) is 16.0. The van der Waals surface area contributed by atoms with Gasteiger partial charge < -0.3 is 15.5 Å². The van der Waals surface area contributed by atoms with E-state index in [1.807, 2.05) is 12.3 Å². The smallest absolute Gasteiger partial charge is 0.128 e. The van der Waals surface area contributed by atoms with Crippen molar-refractivity contribution >= 4 is 30.6 Å². The highest BCUT2D eigenvalue weighted by atomic mass is 35.5. The number of halogens is 2. The van der Waals surface area contributed by atoms with Gasteiger partial charge in [-0.3, -0.25) is 0 Å². The summed E-state index contributed by atoms with van der Waals surface area (Å²) < 4.78 is 0. The van der Waals surface area contributed by atoms with Crippen molar-refractivity contribution in [2.45, 2.75) is 6.54 Å². The highest BCUT2D eigenvalue weighted by Crippen LogP contribution is 2.14. The molecule has 1 aliphatic rings. The van der Waals surface area contributed by atoms with Crippen LogP contribution in [0.25, 0.3) is 0 Å². The third kappa shape index (κ3) is 4.32. The van der Waals surface area contributed by atoms with E-state index in [1.54, 1.807) is 0 Å². The summed E-state index contributed by atoms with van der Waals surface area (Å²) in [6.45, 7) is 4.90. The molecule has 1 aromatic heterocycles. The van der Waals surface area contributed by atoms with Crippen LogP contribution < -0.4 is 10.6 Å². The lowest BCUT2D eigenvalue weighted by Gasteiger charge is -2.33. The summed E-state index contributed by atoms with van der Waals surface area (Å²) in [6.07, 6.45) is 1.84. The highest BCUT2D eigenvalue weighted by molar-refractivity contribution is 5.85. The summed E-state index contributed by atoms with van der Waals surface area (Å²) in [5.41, 5.74) is 6.77. The van der Waals surface area contributed by atoms with Crippen molar-refractivity contribution in [3.05, 3.63) is 23.9 Å². The van der Waals surface area contributed by atoms with E-state index in [-0.39, 0.29) is 24.8 Å². The minimum absolute atomic E-state index is 0. The van der Waals surface area contributed by atoms with Gasteiger partial charge in [-0.2, -0.15) is 0 Å². The molecule has 98 valence electrons. The maximum Gasteiger partial charge on any atom is 0.128 e. The number of piperazine rings is 1. The number of likely N-dealkylation sites (N-methyl/N-ethyl adjacent to an activating group) is 1. The van der Waals surface area contributed by atoms with E-state index in [2.05, 4.69) is 27.9 Å². The maximum absolute atomic E-state index is 5.62. The van der Waals surface area contributed by atoms with E-state index in [9.17, 15) is 0 Å². The number of nitrogens with two attached hydrogens (primary N) is 1. The van der Waals surface area contributed by atoms with Crippen LogP contribution in [0.1, 0.15) is 5.56 Å². The van der Waals surface area contributed by atoms with Gasteiger partial charge in [0.15, 0.2) is 0 Å². The maximum atomic E-state index is 5.62. The van der Waals surface area contributed by atoms with Gasteiger partial charge in [-0.1, -0.05) is 0 Å². The van der Waals surface area contributed by atoms with E-state index in [1.165, 1.54) is 0 Å². The average Bonchev–Trinajstić information content (AvgIpc) is 2.30. The zero-order chi connectivity index (χ0) is 10.7. The van der Waals surface area contributed by atoms with Crippen LogP contribution in [0.3, 0.4) is 0 Å². The molecule has 0 unspecified atom stereocenters. The molecule has 1 fully saturated rings. The number of aromatic nitrogens is 1. The Morgan fingerprint density at radius 3 is 2.47 bits per heavy atom. The molecule has 0 bridgehead atoms. The van der Waals surface area contributed by atoms with Crippen LogP contribution in [0.5, 0.6) is 0 Å². The molecule has 17 heavy (non-hydrogen) atoms. The van der Waals surface area contributed by atoms with Crippen molar-refractivity contribution in [1.82, 2.24) is 9.88 Å². The molecule has 4 nitrogen and oxygen atoms in total. The second kappa shape index (κ2) is 7.71. The molecule has 1 aliphatic heterocycles. The first-order chi connectivity index (χ1) is 7.29. The second-order valence-corrected chi connectivity index (χ2v) is 4.02. The predicted octanol–water partition coefficient (Wildman–Crippen LogP) is 1.14. The van der Waals surface area contributed by atoms with Crippen LogP contribution in [0, 0.1) is 0 Å². The minimum atomic E-state index is 0. The number of hydrogen-bond acceptors (Lipinski definition) is 4. The fourth-order valence-corrected chi connectivity index (χ4v) is 1.80. The Kier molecular flexibility index (Phi) is 7.46. The Balaban J connectivity index is 0.00000128. The Labute approximate surface area is 115 Å². The van der Waals surface area contributed by atoms with E-state index >= 15 is 0 Å². The van der Waals surface area contributed by atoms with Gasteiger partial charge in [0.2, 0.25) is 0 Å². The number of nitrogens with zero attached hydrogens (tertiary/aromatic N) is 3. The summed E-state index contributed by atoms with van der Waals surface area (Å²) >= 11 is 0. The summed E-state index contributed by atoms with van der Waals surface area (Å²) in [4.78, 5) is 9.04. The predicted molar refractivity (Wildman–Crippen MR) is 76.3 cm³/mol. The zero-order valence-corrected chi connectivity index (χ0v) is 11.6. The van der Waals surface area contributed by atoms with Crippen LogP contribution in [0.15, 0.2) is 18.3 Å². The van der Waals surface area contributed by atoms with Crippen LogP contribution in [0.4, 0.5) is 5.82 Å². The standard InChI is InChI=1S/C11H18N4.2ClH/c1-14-4-6-15(7-5-14)11-8-10(9-12)2-3-13-11;;/h2-3,8H,4-7,9,12H2,1H3;2*1H. The van der Waals surface area contributed by atoms with Crippen molar-refractivity contribution in [3.8, 4) is 0 Å². The van der Waals surface area contributed by atoms with Gasteiger partial charge in [-0.25, -0.2) is 4.98 Å². The van der Waals surface area contributed by atoms with Crippen LogP contribution >= 0.6 is 24.8 Å². The number of hydrogen-bond donors (Lipinski definition) is 1. The molecule has 0 radical (unpaired) electrons. The molecule has 0 aliphatic carbocycles. The first-order valence-corrected chi connectivity index (χ1v) is 5.38. The third-order valence-electron chi connectivity index (χ3n) is 2.87. The lowest BCUT2D eigenvalue weighted by Crippen LogP contribution is -2.44. The van der Waals surface area contributed by atoms with Gasteiger partial charge in [0.1, 0.15) is 5.82 Å². The van der Waals surface area contributed by atoms with E-state index < -0.39 is 0 Å². The molecule has 1 saturated heterocycles. The lowest BCUT2D eigenvalue weighted by atomic mass is 10.2. The molecule has 2 rings (SSSR count). The van der Waals surface area contributed by atoms with Crippen LogP contribution in [-0.4, -0.2) is 43.1 Å². The van der Waals surface area contributed by atoms with Gasteiger partial charge in [-0.15, -0.1) is 24.8 Å². The van der Waals surface area contributed by atoms with Crippen molar-refractivity contribution < 1.29 is 0 Å². The van der Waals surface area contributed by atoms with Gasteiger partial charge in [0, 0.05) is 38.9 Å². The first kappa shape index (κ1) is 16.4. The van der Waals surface area contributed by atoms with E-state index in [4.69, 9.17) is 5.73 Å². The molecular formula is C11H20Cl2N4. The first-order valence-electron chi connectivity index (χ1n) is 5.38. The second-order valence-electron chi connectivity index (χ2n) is 4.02. The molecule has 0 atom stereocenters. The van der Waals surface area contributed by atoms with Gasteiger partial charge >= 0.3 is 0 Å². The molecule has 1 aromatic rings. The molecule has 2 heterocycles. The number of anilines is 1. The Bertz CT molecular complexity index is 327. The summed E-state index contributed by atoms with van der Waals surface area (Å²) in [5.74, 6) is 1.06. The molecule has 0 aromatic carbocycles. The Hall–Kier alpha value is -0.550. The monoisotopic (exact) mass is 278 g/mol. The minimum Gasteiger partial charge on any atom is -0.354 e. The molecule has 0 spiro atoms. The van der Waals surface area contributed by atoms with Gasteiger partial charge in [0.05, 0.1) is 0 Å². The fourth-order valence-electron chi connectivity index (χ4n) is 1.80. The van der Waals surface area contributed by atoms with E-state index in [0.29, 0.717) is 6.54 Å². The fraction of sp³-hybridized carbons (Fsp3) is 0.545. The topological polar surface area (TPSA) is 45.4 Å². The summed E-state index contributed by atoms with van der Waals surface area (Å²) in [7, 11) is 2.15. The Morgan fingerprint density at radius 2 is 1.88 bits per heavy atom. The molecule has 0 saturated carbocycles. The molecule has 2 N–H and O–H groups in total. The largest absolute Gasteiger partial charge is 0.354 e. The average molecular weight is 279 g/mol. The lowest BCUT2D eigenvalue weighted by molar-refractivity contribution is 0.312. The van der Waals surface area contributed by atoms with Gasteiger partial charge in [-0.05, 0) is 24.7 Å². The molecule has 0 amide bonds.